The van der Waals surface area contributed by atoms with Crippen molar-refractivity contribution >= 4 is 17.6 Å². The summed E-state index contributed by atoms with van der Waals surface area (Å²) in [5.41, 5.74) is 0.382. The van der Waals surface area contributed by atoms with Gasteiger partial charge in [0.2, 0.25) is 0 Å². The fourth-order valence-electron chi connectivity index (χ4n) is 3.58. The molecule has 7 heteroatoms. The molecule has 0 aromatic carbocycles. The molecule has 1 saturated carbocycles. The van der Waals surface area contributed by atoms with Crippen LogP contribution in [-0.2, 0) is 21.8 Å². The highest BCUT2D eigenvalue weighted by Gasteiger charge is 2.56. The van der Waals surface area contributed by atoms with Crippen LogP contribution in [-0.4, -0.2) is 44.0 Å². The van der Waals surface area contributed by atoms with E-state index in [4.69, 9.17) is 21.8 Å². The van der Waals surface area contributed by atoms with E-state index in [2.05, 4.69) is 34.2 Å². The molecule has 0 aliphatic heterocycles. The third kappa shape index (κ3) is 10.4. The van der Waals surface area contributed by atoms with Crippen molar-refractivity contribution in [2.75, 3.05) is 26.4 Å². The van der Waals surface area contributed by atoms with E-state index in [1.165, 1.54) is 12.8 Å². The van der Waals surface area contributed by atoms with Crippen LogP contribution in [0.5, 0.6) is 0 Å². The minimum absolute atomic E-state index is 0.382. The van der Waals surface area contributed by atoms with Crippen LogP contribution >= 0.6 is 0 Å². The van der Waals surface area contributed by atoms with Crippen molar-refractivity contribution in [1.82, 2.24) is 0 Å². The Morgan fingerprint density at radius 2 is 1.00 bits per heavy atom. The Bertz CT molecular complexity index is 371. The maximum Gasteiger partial charge on any atom is 0.496 e. The summed E-state index contributed by atoms with van der Waals surface area (Å²) >= 11 is 0. The standard InChI is InChI=1S/C22H48O5Si2/c1-6-10-18-23-28(5,24-19-11-7-2)27-29(25-20-12-8-3,26-21-13-9-4)22-16-14-15-17-22/h22H,6-21H2,1-5H3. The van der Waals surface area contributed by atoms with E-state index < -0.39 is 17.6 Å². The molecule has 0 atom stereocenters. The van der Waals surface area contributed by atoms with Crippen LogP contribution in [0.15, 0.2) is 0 Å². The SMILES string of the molecule is CCCCO[Si](C)(OCCCC)O[Si](OCCCC)(OCCCC)C1CCCC1. The van der Waals surface area contributed by atoms with Crippen LogP contribution in [0.4, 0.5) is 0 Å². The molecule has 0 saturated heterocycles. The van der Waals surface area contributed by atoms with Crippen LogP contribution in [0.3, 0.4) is 0 Å². The van der Waals surface area contributed by atoms with Gasteiger partial charge in [-0.2, -0.15) is 0 Å². The molecule has 174 valence electrons. The zero-order valence-electron chi connectivity index (χ0n) is 19.9. The molecule has 1 fully saturated rings. The maximum atomic E-state index is 6.88. The topological polar surface area (TPSA) is 46.2 Å². The first-order chi connectivity index (χ1) is 14.1. The Hall–Kier alpha value is 0.234. The number of hydrogen-bond acceptors (Lipinski definition) is 5. The summed E-state index contributed by atoms with van der Waals surface area (Å²) in [4.78, 5) is 0. The molecule has 0 aromatic rings. The van der Waals surface area contributed by atoms with Crippen molar-refractivity contribution in [1.29, 1.82) is 0 Å². The Balaban J connectivity index is 3.03. The highest BCUT2D eigenvalue weighted by Crippen LogP contribution is 2.42. The van der Waals surface area contributed by atoms with Gasteiger partial charge in [0.1, 0.15) is 0 Å². The van der Waals surface area contributed by atoms with Gasteiger partial charge in [-0.05, 0) is 38.5 Å². The smallest absolute Gasteiger partial charge is 0.374 e. The Labute approximate surface area is 182 Å². The van der Waals surface area contributed by atoms with Crippen molar-refractivity contribution in [2.24, 2.45) is 0 Å². The molecule has 0 N–H and O–H groups in total. The van der Waals surface area contributed by atoms with E-state index in [0.717, 1.165) is 64.2 Å². The minimum atomic E-state index is -2.88. The van der Waals surface area contributed by atoms with Gasteiger partial charge in [-0.1, -0.05) is 66.2 Å². The second-order valence-electron chi connectivity index (χ2n) is 8.36. The molecular formula is C22H48O5Si2. The van der Waals surface area contributed by atoms with Gasteiger partial charge in [-0.15, -0.1) is 0 Å². The van der Waals surface area contributed by atoms with Crippen LogP contribution in [0.25, 0.3) is 0 Å². The average Bonchev–Trinajstić information content (AvgIpc) is 3.24. The minimum Gasteiger partial charge on any atom is -0.374 e. The second kappa shape index (κ2) is 15.9. The number of rotatable bonds is 19. The van der Waals surface area contributed by atoms with Crippen LogP contribution in [0, 0.1) is 0 Å². The lowest BCUT2D eigenvalue weighted by Crippen LogP contribution is -2.60. The third-order valence-electron chi connectivity index (χ3n) is 5.51. The fraction of sp³-hybridized carbons (Fsp3) is 1.00. The van der Waals surface area contributed by atoms with Crippen LogP contribution < -0.4 is 0 Å². The van der Waals surface area contributed by atoms with Crippen molar-refractivity contribution < 1.29 is 21.8 Å². The molecule has 0 amide bonds. The monoisotopic (exact) mass is 448 g/mol. The third-order valence-corrected chi connectivity index (χ3v) is 12.4. The van der Waals surface area contributed by atoms with E-state index in [9.17, 15) is 0 Å². The van der Waals surface area contributed by atoms with Crippen LogP contribution in [0.1, 0.15) is 105 Å². The van der Waals surface area contributed by atoms with Gasteiger partial charge in [0.25, 0.3) is 0 Å². The summed E-state index contributed by atoms with van der Waals surface area (Å²) in [6.45, 7) is 13.6. The maximum absolute atomic E-state index is 6.88. The van der Waals surface area contributed by atoms with Gasteiger partial charge in [-0.25, -0.2) is 0 Å². The van der Waals surface area contributed by atoms with Gasteiger partial charge >= 0.3 is 17.6 Å². The van der Waals surface area contributed by atoms with Crippen molar-refractivity contribution in [2.45, 2.75) is 117 Å². The van der Waals surface area contributed by atoms with E-state index in [1.54, 1.807) is 0 Å². The normalized spacial score (nSPS) is 16.0. The molecule has 29 heavy (non-hydrogen) atoms. The number of hydrogen-bond donors (Lipinski definition) is 0. The Morgan fingerprint density at radius 1 is 0.621 bits per heavy atom. The molecule has 0 unspecified atom stereocenters. The summed E-state index contributed by atoms with van der Waals surface area (Å²) in [5, 5.41) is 0. The average molecular weight is 449 g/mol. The van der Waals surface area contributed by atoms with Gasteiger partial charge in [-0.3, -0.25) is 0 Å². The predicted octanol–water partition coefficient (Wildman–Crippen LogP) is 6.72. The Morgan fingerprint density at radius 3 is 1.38 bits per heavy atom. The highest BCUT2D eigenvalue weighted by atomic mass is 28.5. The highest BCUT2D eigenvalue weighted by molar-refractivity contribution is 6.75. The molecule has 0 bridgehead atoms. The lowest BCUT2D eigenvalue weighted by atomic mass is 10.4. The summed E-state index contributed by atoms with van der Waals surface area (Å²) in [6.07, 6.45) is 13.3. The lowest BCUT2D eigenvalue weighted by Gasteiger charge is -2.40. The summed E-state index contributed by atoms with van der Waals surface area (Å²) < 4.78 is 32.7. The Kier molecular flexibility index (Phi) is 15.0. The van der Waals surface area contributed by atoms with Crippen LogP contribution in [0.2, 0.25) is 12.1 Å². The molecular weight excluding hydrogens is 400 g/mol. The molecule has 0 spiro atoms. The molecule has 0 aromatic heterocycles. The summed E-state index contributed by atoms with van der Waals surface area (Å²) in [5.74, 6) is 0. The molecule has 1 rings (SSSR count). The summed E-state index contributed by atoms with van der Waals surface area (Å²) in [6, 6.07) is 0. The first kappa shape index (κ1) is 27.3. The lowest BCUT2D eigenvalue weighted by molar-refractivity contribution is 0.0362. The van der Waals surface area contributed by atoms with Gasteiger partial charge in [0.15, 0.2) is 0 Å². The predicted molar refractivity (Wildman–Crippen MR) is 124 cm³/mol. The van der Waals surface area contributed by atoms with Crippen molar-refractivity contribution in [3.8, 4) is 0 Å². The summed E-state index contributed by atoms with van der Waals surface area (Å²) in [7, 11) is -5.72. The zero-order chi connectivity index (χ0) is 21.4. The van der Waals surface area contributed by atoms with Gasteiger partial charge in [0, 0.05) is 38.5 Å². The van der Waals surface area contributed by atoms with Crippen molar-refractivity contribution in [3.05, 3.63) is 0 Å². The van der Waals surface area contributed by atoms with E-state index in [0.29, 0.717) is 32.0 Å². The van der Waals surface area contributed by atoms with E-state index in [1.807, 2.05) is 0 Å². The van der Waals surface area contributed by atoms with Gasteiger partial charge < -0.3 is 21.8 Å². The molecule has 5 nitrogen and oxygen atoms in total. The molecule has 1 aliphatic rings. The first-order valence-electron chi connectivity index (χ1n) is 12.3. The quantitative estimate of drug-likeness (QED) is 0.162. The fourth-order valence-corrected chi connectivity index (χ4v) is 10.9. The number of unbranched alkanes of at least 4 members (excludes halogenated alkanes) is 4. The zero-order valence-corrected chi connectivity index (χ0v) is 21.9. The van der Waals surface area contributed by atoms with E-state index >= 15 is 0 Å². The first-order valence-corrected chi connectivity index (χ1v) is 16.3. The second-order valence-corrected chi connectivity index (χ2v) is 14.1. The van der Waals surface area contributed by atoms with E-state index in [-0.39, 0.29) is 0 Å². The van der Waals surface area contributed by atoms with Gasteiger partial charge in [0.05, 0.1) is 0 Å². The molecule has 1 aliphatic carbocycles. The van der Waals surface area contributed by atoms with Crippen molar-refractivity contribution in [3.63, 3.8) is 0 Å². The molecule has 0 radical (unpaired) electrons. The molecule has 0 heterocycles. The largest absolute Gasteiger partial charge is 0.496 e.